The van der Waals surface area contributed by atoms with Crippen LogP contribution in [0.2, 0.25) is 0 Å². The Kier molecular flexibility index (Phi) is 6.26. The highest BCUT2D eigenvalue weighted by molar-refractivity contribution is 14.1. The van der Waals surface area contributed by atoms with Crippen LogP contribution in [0.15, 0.2) is 53.8 Å². The van der Waals surface area contributed by atoms with Crippen molar-refractivity contribution in [1.82, 2.24) is 10.4 Å². The quantitative estimate of drug-likeness (QED) is 0.405. The number of carbonyl (C=O) groups is 1. The van der Waals surface area contributed by atoms with Crippen molar-refractivity contribution in [1.29, 1.82) is 0 Å². The summed E-state index contributed by atoms with van der Waals surface area (Å²) in [6.07, 6.45) is 4.04. The zero-order valence-corrected chi connectivity index (χ0v) is 15.7. The fraction of sp³-hybridized carbons (Fsp3) is 0.133. The minimum atomic E-state index is -3.60. The molecule has 24 heavy (non-hydrogen) atoms. The van der Waals surface area contributed by atoms with Gasteiger partial charge in [0.25, 0.3) is 5.91 Å². The first kappa shape index (κ1) is 18.3. The maximum absolute atomic E-state index is 12.0. The third-order valence-electron chi connectivity index (χ3n) is 2.88. The molecule has 0 aliphatic carbocycles. The van der Waals surface area contributed by atoms with Crippen molar-refractivity contribution < 1.29 is 13.2 Å². The summed E-state index contributed by atoms with van der Waals surface area (Å²) < 4.78 is 25.9. The van der Waals surface area contributed by atoms with Crippen molar-refractivity contribution in [3.63, 3.8) is 0 Å². The lowest BCUT2D eigenvalue weighted by molar-refractivity contribution is -0.119. The number of nitrogens with one attached hydrogen (secondary N) is 1. The number of hydrazone groups is 1. The molecule has 1 heterocycles. The van der Waals surface area contributed by atoms with Crippen LogP contribution in [0.3, 0.4) is 0 Å². The minimum Gasteiger partial charge on any atom is -0.271 e. The molecule has 0 aliphatic rings. The maximum Gasteiger partial charge on any atom is 0.260 e. The van der Waals surface area contributed by atoms with Crippen molar-refractivity contribution >= 4 is 50.4 Å². The standard InChI is InChI=1S/C15H15IN4O3S/c1-24(22,23)20(14-7-5-12(16)6-8-14)11-15(21)19-18-10-13-4-2-3-9-17-13/h2-10H,11H2,1H3,(H,19,21)/b18-10-. The molecule has 9 heteroatoms. The minimum absolute atomic E-state index is 0.362. The zero-order chi connectivity index (χ0) is 17.6. The topological polar surface area (TPSA) is 91.7 Å². The van der Waals surface area contributed by atoms with Crippen LogP contribution in [-0.2, 0) is 14.8 Å². The number of carbonyl (C=O) groups excluding carboxylic acids is 1. The predicted octanol–water partition coefficient (Wildman–Crippen LogP) is 1.60. The van der Waals surface area contributed by atoms with E-state index in [9.17, 15) is 13.2 Å². The molecule has 0 unspecified atom stereocenters. The molecule has 0 aliphatic heterocycles. The number of rotatable bonds is 6. The number of anilines is 1. The van der Waals surface area contributed by atoms with E-state index >= 15 is 0 Å². The Morgan fingerprint density at radius 2 is 2.00 bits per heavy atom. The first-order valence-corrected chi connectivity index (χ1v) is 9.75. The van der Waals surface area contributed by atoms with Gasteiger partial charge in [0.1, 0.15) is 6.54 Å². The van der Waals surface area contributed by atoms with Crippen molar-refractivity contribution in [3.8, 4) is 0 Å². The van der Waals surface area contributed by atoms with Gasteiger partial charge >= 0.3 is 0 Å². The molecule has 0 spiro atoms. The highest BCUT2D eigenvalue weighted by atomic mass is 127. The molecular weight excluding hydrogens is 443 g/mol. The summed E-state index contributed by atoms with van der Waals surface area (Å²) in [5.74, 6) is -0.550. The number of benzene rings is 1. The Morgan fingerprint density at radius 1 is 1.29 bits per heavy atom. The summed E-state index contributed by atoms with van der Waals surface area (Å²) in [5, 5.41) is 3.77. The van der Waals surface area contributed by atoms with Crippen LogP contribution in [0.25, 0.3) is 0 Å². The second kappa shape index (κ2) is 8.20. The van der Waals surface area contributed by atoms with Gasteiger partial charge in [0.15, 0.2) is 0 Å². The number of pyridine rings is 1. The smallest absolute Gasteiger partial charge is 0.260 e. The molecule has 0 bridgehead atoms. The Hall–Kier alpha value is -2.01. The first-order valence-electron chi connectivity index (χ1n) is 6.82. The van der Waals surface area contributed by atoms with Gasteiger partial charge in [0.05, 0.1) is 23.9 Å². The number of aromatic nitrogens is 1. The van der Waals surface area contributed by atoms with E-state index in [1.54, 1.807) is 48.7 Å². The second-order valence-corrected chi connectivity index (χ2v) is 7.95. The lowest BCUT2D eigenvalue weighted by Crippen LogP contribution is -2.39. The van der Waals surface area contributed by atoms with Crippen LogP contribution < -0.4 is 9.73 Å². The molecule has 0 radical (unpaired) electrons. The fourth-order valence-electron chi connectivity index (χ4n) is 1.80. The number of hydrogen-bond donors (Lipinski definition) is 1. The lowest BCUT2D eigenvalue weighted by Gasteiger charge is -2.21. The zero-order valence-electron chi connectivity index (χ0n) is 12.8. The SMILES string of the molecule is CS(=O)(=O)N(CC(=O)N/N=C\c1ccccn1)c1ccc(I)cc1. The molecule has 1 aromatic carbocycles. The Morgan fingerprint density at radius 3 is 2.58 bits per heavy atom. The molecule has 2 aromatic rings. The molecule has 1 amide bonds. The van der Waals surface area contributed by atoms with Crippen molar-refractivity contribution in [2.24, 2.45) is 5.10 Å². The van der Waals surface area contributed by atoms with E-state index in [4.69, 9.17) is 0 Å². The van der Waals surface area contributed by atoms with Crippen LogP contribution in [-0.4, -0.2) is 38.3 Å². The summed E-state index contributed by atoms with van der Waals surface area (Å²) in [7, 11) is -3.60. The van der Waals surface area contributed by atoms with Crippen molar-refractivity contribution in [2.45, 2.75) is 0 Å². The van der Waals surface area contributed by atoms with E-state index < -0.39 is 15.9 Å². The van der Waals surface area contributed by atoms with Gasteiger partial charge in [0.2, 0.25) is 10.0 Å². The summed E-state index contributed by atoms with van der Waals surface area (Å²) >= 11 is 2.12. The summed E-state index contributed by atoms with van der Waals surface area (Å²) in [6.45, 7) is -0.362. The molecule has 2 rings (SSSR count). The van der Waals surface area contributed by atoms with Crippen molar-refractivity contribution in [3.05, 3.63) is 57.9 Å². The van der Waals surface area contributed by atoms with E-state index in [2.05, 4.69) is 38.1 Å². The summed E-state index contributed by atoms with van der Waals surface area (Å²) in [5.41, 5.74) is 3.30. The molecule has 1 aromatic heterocycles. The van der Waals surface area contributed by atoms with Gasteiger partial charge in [0, 0.05) is 9.77 Å². The van der Waals surface area contributed by atoms with E-state index in [1.165, 1.54) is 6.21 Å². The van der Waals surface area contributed by atoms with Crippen LogP contribution in [0.5, 0.6) is 0 Å². The van der Waals surface area contributed by atoms with Gasteiger partial charge in [-0.2, -0.15) is 5.10 Å². The van der Waals surface area contributed by atoms with Gasteiger partial charge in [-0.3, -0.25) is 14.1 Å². The highest BCUT2D eigenvalue weighted by Gasteiger charge is 2.20. The Bertz CT molecular complexity index is 824. The number of nitrogens with zero attached hydrogens (tertiary/aromatic N) is 3. The van der Waals surface area contributed by atoms with Gasteiger partial charge in [-0.1, -0.05) is 6.07 Å². The van der Waals surface area contributed by atoms with Crippen LogP contribution in [0, 0.1) is 3.57 Å². The highest BCUT2D eigenvalue weighted by Crippen LogP contribution is 2.18. The third-order valence-corrected chi connectivity index (χ3v) is 4.74. The lowest BCUT2D eigenvalue weighted by atomic mass is 10.3. The third kappa shape index (κ3) is 5.57. The molecular formula is C15H15IN4O3S. The summed E-state index contributed by atoms with van der Waals surface area (Å²) in [6, 6.07) is 12.1. The number of amides is 1. The molecule has 0 fully saturated rings. The number of sulfonamides is 1. The van der Waals surface area contributed by atoms with E-state index in [0.717, 1.165) is 14.1 Å². The first-order chi connectivity index (χ1) is 11.4. The van der Waals surface area contributed by atoms with Gasteiger partial charge < -0.3 is 0 Å². The number of hydrogen-bond acceptors (Lipinski definition) is 5. The molecule has 0 saturated carbocycles. The average Bonchev–Trinajstić information content (AvgIpc) is 2.54. The van der Waals surface area contributed by atoms with Crippen LogP contribution >= 0.6 is 22.6 Å². The predicted molar refractivity (Wildman–Crippen MR) is 101 cm³/mol. The van der Waals surface area contributed by atoms with E-state index in [-0.39, 0.29) is 6.54 Å². The van der Waals surface area contributed by atoms with Gasteiger partial charge in [-0.15, -0.1) is 0 Å². The molecule has 1 N–H and O–H groups in total. The molecule has 0 saturated heterocycles. The normalized spacial score (nSPS) is 11.4. The molecule has 7 nitrogen and oxygen atoms in total. The van der Waals surface area contributed by atoms with E-state index in [1.807, 2.05) is 0 Å². The van der Waals surface area contributed by atoms with Crippen LogP contribution in [0.4, 0.5) is 5.69 Å². The van der Waals surface area contributed by atoms with Gasteiger partial charge in [-0.25, -0.2) is 13.8 Å². The van der Waals surface area contributed by atoms with E-state index in [0.29, 0.717) is 11.4 Å². The Balaban J connectivity index is 2.05. The maximum atomic E-state index is 12.0. The second-order valence-electron chi connectivity index (χ2n) is 4.79. The Labute approximate surface area is 154 Å². The average molecular weight is 458 g/mol. The van der Waals surface area contributed by atoms with Crippen molar-refractivity contribution in [2.75, 3.05) is 17.1 Å². The van der Waals surface area contributed by atoms with Gasteiger partial charge in [-0.05, 0) is 59.0 Å². The molecule has 126 valence electrons. The number of halogens is 1. The fourth-order valence-corrected chi connectivity index (χ4v) is 3.01. The van der Waals surface area contributed by atoms with Crippen LogP contribution in [0.1, 0.15) is 5.69 Å². The largest absolute Gasteiger partial charge is 0.271 e. The summed E-state index contributed by atoms with van der Waals surface area (Å²) in [4.78, 5) is 16.0. The molecule has 0 atom stereocenters. The monoisotopic (exact) mass is 458 g/mol.